The third-order valence-corrected chi connectivity index (χ3v) is 4.49. The molecule has 1 amide bonds. The van der Waals surface area contributed by atoms with Gasteiger partial charge in [0.1, 0.15) is 0 Å². The second-order valence-corrected chi connectivity index (χ2v) is 6.46. The highest BCUT2D eigenvalue weighted by molar-refractivity contribution is 6.35. The number of nitrogens with one attached hydrogen (secondary N) is 1. The van der Waals surface area contributed by atoms with Crippen LogP contribution in [0, 0.1) is 0 Å². The molecule has 2 nitrogen and oxygen atoms in total. The Morgan fingerprint density at radius 2 is 1.83 bits per heavy atom. The first-order chi connectivity index (χ1) is 11.0. The number of rotatable bonds is 6. The molecule has 1 N–H and O–H groups in total. The molecule has 0 radical (unpaired) electrons. The lowest BCUT2D eigenvalue weighted by Gasteiger charge is -2.15. The van der Waals surface area contributed by atoms with E-state index in [4.69, 9.17) is 23.2 Å². The molecular formula is C19H21Cl2NO. The van der Waals surface area contributed by atoms with Crippen LogP contribution < -0.4 is 5.32 Å². The number of aryl methyl sites for hydroxylation is 2. The summed E-state index contributed by atoms with van der Waals surface area (Å²) in [5, 5.41) is 4.24. The van der Waals surface area contributed by atoms with Gasteiger partial charge < -0.3 is 5.32 Å². The molecule has 4 heteroatoms. The Balaban J connectivity index is 1.88. The van der Waals surface area contributed by atoms with E-state index in [0.29, 0.717) is 22.9 Å². The molecule has 0 aliphatic carbocycles. The van der Waals surface area contributed by atoms with Crippen molar-refractivity contribution >= 4 is 29.1 Å². The first-order valence-electron chi connectivity index (χ1n) is 7.81. The highest BCUT2D eigenvalue weighted by Crippen LogP contribution is 2.22. The summed E-state index contributed by atoms with van der Waals surface area (Å²) in [6.07, 6.45) is 2.02. The molecule has 23 heavy (non-hydrogen) atoms. The Morgan fingerprint density at radius 1 is 1.13 bits per heavy atom. The number of carbonyl (C=O) groups is 1. The van der Waals surface area contributed by atoms with Crippen molar-refractivity contribution in [2.45, 2.75) is 39.2 Å². The maximum absolute atomic E-state index is 12.1. The van der Waals surface area contributed by atoms with Gasteiger partial charge in [0, 0.05) is 16.5 Å². The normalized spacial score (nSPS) is 12.0. The van der Waals surface area contributed by atoms with Crippen molar-refractivity contribution in [3.05, 3.63) is 69.2 Å². The number of halogens is 2. The number of carbonyl (C=O) groups excluding carboxylic acids is 1. The molecule has 122 valence electrons. The summed E-state index contributed by atoms with van der Waals surface area (Å²) in [7, 11) is 0. The van der Waals surface area contributed by atoms with E-state index in [2.05, 4.69) is 36.5 Å². The topological polar surface area (TPSA) is 29.1 Å². The van der Waals surface area contributed by atoms with Crippen molar-refractivity contribution in [1.29, 1.82) is 0 Å². The van der Waals surface area contributed by atoms with Crippen LogP contribution in [0.3, 0.4) is 0 Å². The molecule has 0 aliphatic rings. The van der Waals surface area contributed by atoms with Crippen molar-refractivity contribution in [2.24, 2.45) is 0 Å². The van der Waals surface area contributed by atoms with Crippen molar-refractivity contribution < 1.29 is 4.79 Å². The highest BCUT2D eigenvalue weighted by Gasteiger charge is 2.10. The van der Waals surface area contributed by atoms with Gasteiger partial charge in [-0.3, -0.25) is 4.79 Å². The Kier molecular flexibility index (Phi) is 6.49. The van der Waals surface area contributed by atoms with Crippen LogP contribution in [0.15, 0.2) is 42.5 Å². The fraction of sp³-hybridized carbons (Fsp3) is 0.316. The van der Waals surface area contributed by atoms with Crippen LogP contribution >= 0.6 is 23.2 Å². The fourth-order valence-corrected chi connectivity index (χ4v) is 2.91. The highest BCUT2D eigenvalue weighted by atomic mass is 35.5. The maximum atomic E-state index is 12.1. The van der Waals surface area contributed by atoms with Gasteiger partial charge in [-0.1, -0.05) is 60.5 Å². The monoisotopic (exact) mass is 349 g/mol. The predicted molar refractivity (Wildman–Crippen MR) is 97.2 cm³/mol. The van der Waals surface area contributed by atoms with Crippen LogP contribution in [0.25, 0.3) is 0 Å². The standard InChI is InChI=1S/C19H21Cl2NO/c1-3-14-4-6-15(7-5-14)13(2)22-19(23)11-9-16-8-10-17(20)12-18(16)21/h4-8,10,12-13H,3,9,11H2,1-2H3,(H,22,23)/t13-/m0/s1. The number of hydrogen-bond acceptors (Lipinski definition) is 1. The number of benzene rings is 2. The van der Waals surface area contributed by atoms with E-state index < -0.39 is 0 Å². The van der Waals surface area contributed by atoms with Crippen molar-refractivity contribution in [3.63, 3.8) is 0 Å². The molecule has 0 fully saturated rings. The summed E-state index contributed by atoms with van der Waals surface area (Å²) in [5.41, 5.74) is 3.34. The lowest BCUT2D eigenvalue weighted by molar-refractivity contribution is -0.121. The quantitative estimate of drug-likeness (QED) is 0.746. The number of hydrogen-bond donors (Lipinski definition) is 1. The Labute approximate surface area is 147 Å². The SMILES string of the molecule is CCc1ccc([C@H](C)NC(=O)CCc2ccc(Cl)cc2Cl)cc1. The third-order valence-electron chi connectivity index (χ3n) is 3.90. The van der Waals surface area contributed by atoms with Crippen LogP contribution in [0.2, 0.25) is 10.0 Å². The van der Waals surface area contributed by atoms with Gasteiger partial charge in [0.05, 0.1) is 6.04 Å². The minimum absolute atomic E-state index is 0.00547. The molecule has 0 spiro atoms. The molecule has 1 atom stereocenters. The van der Waals surface area contributed by atoms with Gasteiger partial charge >= 0.3 is 0 Å². The summed E-state index contributed by atoms with van der Waals surface area (Å²) < 4.78 is 0. The molecule has 0 saturated carbocycles. The van der Waals surface area contributed by atoms with Gasteiger partial charge in [0.25, 0.3) is 0 Å². The molecule has 0 saturated heterocycles. The summed E-state index contributed by atoms with van der Waals surface area (Å²) in [6.45, 7) is 4.12. The molecule has 0 bridgehead atoms. The van der Waals surface area contributed by atoms with E-state index in [1.165, 1.54) is 5.56 Å². The van der Waals surface area contributed by atoms with Gasteiger partial charge in [0.2, 0.25) is 5.91 Å². The molecule has 0 aromatic heterocycles. The maximum Gasteiger partial charge on any atom is 0.220 e. The first kappa shape index (κ1) is 17.8. The lowest BCUT2D eigenvalue weighted by Crippen LogP contribution is -2.26. The lowest BCUT2D eigenvalue weighted by atomic mass is 10.0. The second-order valence-electron chi connectivity index (χ2n) is 5.62. The molecule has 2 aromatic carbocycles. The average Bonchev–Trinajstić information content (AvgIpc) is 2.54. The van der Waals surface area contributed by atoms with E-state index in [0.717, 1.165) is 17.5 Å². The van der Waals surface area contributed by atoms with E-state index in [1.54, 1.807) is 12.1 Å². The van der Waals surface area contributed by atoms with E-state index in [9.17, 15) is 4.79 Å². The van der Waals surface area contributed by atoms with Crippen LogP contribution in [0.5, 0.6) is 0 Å². The summed E-state index contributed by atoms with van der Waals surface area (Å²) in [6, 6.07) is 13.7. The molecule has 0 unspecified atom stereocenters. The van der Waals surface area contributed by atoms with Crippen LogP contribution in [-0.4, -0.2) is 5.91 Å². The average molecular weight is 350 g/mol. The molecule has 0 heterocycles. The Hall–Kier alpha value is -1.51. The van der Waals surface area contributed by atoms with Crippen LogP contribution in [-0.2, 0) is 17.6 Å². The minimum atomic E-state index is -0.00547. The van der Waals surface area contributed by atoms with Gasteiger partial charge in [-0.15, -0.1) is 0 Å². The van der Waals surface area contributed by atoms with Crippen molar-refractivity contribution in [3.8, 4) is 0 Å². The van der Waals surface area contributed by atoms with E-state index in [1.807, 2.05) is 13.0 Å². The van der Waals surface area contributed by atoms with Crippen molar-refractivity contribution in [1.82, 2.24) is 5.32 Å². The predicted octanol–water partition coefficient (Wildman–Crippen LogP) is 5.37. The smallest absolute Gasteiger partial charge is 0.220 e. The fourth-order valence-electron chi connectivity index (χ4n) is 2.41. The Bertz CT molecular complexity index is 668. The van der Waals surface area contributed by atoms with Gasteiger partial charge in [-0.05, 0) is 48.6 Å². The first-order valence-corrected chi connectivity index (χ1v) is 8.57. The van der Waals surface area contributed by atoms with E-state index >= 15 is 0 Å². The van der Waals surface area contributed by atoms with Crippen LogP contribution in [0.4, 0.5) is 0 Å². The van der Waals surface area contributed by atoms with Crippen LogP contribution in [0.1, 0.15) is 43.0 Å². The molecular weight excluding hydrogens is 329 g/mol. The molecule has 2 aromatic rings. The molecule has 0 aliphatic heterocycles. The zero-order valence-electron chi connectivity index (χ0n) is 13.4. The zero-order valence-corrected chi connectivity index (χ0v) is 14.9. The van der Waals surface area contributed by atoms with Gasteiger partial charge in [-0.25, -0.2) is 0 Å². The summed E-state index contributed by atoms with van der Waals surface area (Å²) >= 11 is 12.0. The van der Waals surface area contributed by atoms with Crippen molar-refractivity contribution in [2.75, 3.05) is 0 Å². The summed E-state index contributed by atoms with van der Waals surface area (Å²) in [5.74, 6) is 0.0167. The Morgan fingerprint density at radius 3 is 2.43 bits per heavy atom. The largest absolute Gasteiger partial charge is 0.350 e. The minimum Gasteiger partial charge on any atom is -0.350 e. The van der Waals surface area contributed by atoms with Gasteiger partial charge in [0.15, 0.2) is 0 Å². The number of amides is 1. The summed E-state index contributed by atoms with van der Waals surface area (Å²) in [4.78, 5) is 12.1. The second kappa shape index (κ2) is 8.37. The molecule has 2 rings (SSSR count). The third kappa shape index (κ3) is 5.26. The van der Waals surface area contributed by atoms with Gasteiger partial charge in [-0.2, -0.15) is 0 Å². The van der Waals surface area contributed by atoms with E-state index in [-0.39, 0.29) is 11.9 Å². The zero-order chi connectivity index (χ0) is 16.8.